The number of hydrogen-bond acceptors (Lipinski definition) is 3. The fourth-order valence-corrected chi connectivity index (χ4v) is 2.38. The van der Waals surface area contributed by atoms with Gasteiger partial charge >= 0.3 is 5.97 Å². The molecule has 0 aromatic carbocycles. The molecule has 1 aromatic heterocycles. The highest BCUT2D eigenvalue weighted by atomic mass is 16.4. The summed E-state index contributed by atoms with van der Waals surface area (Å²) in [4.78, 5) is 13.0. The molecule has 0 spiro atoms. The Kier molecular flexibility index (Phi) is 3.78. The van der Waals surface area contributed by atoms with Crippen molar-refractivity contribution in [2.75, 3.05) is 19.6 Å². The van der Waals surface area contributed by atoms with Crippen molar-refractivity contribution in [2.24, 2.45) is 0 Å². The maximum absolute atomic E-state index is 10.6. The molecule has 94 valence electrons. The van der Waals surface area contributed by atoms with E-state index >= 15 is 0 Å². The molecular formula is C12H19N3O2. The summed E-state index contributed by atoms with van der Waals surface area (Å²) in [7, 11) is 0. The van der Waals surface area contributed by atoms with Crippen molar-refractivity contribution in [3.63, 3.8) is 0 Å². The Morgan fingerprint density at radius 1 is 1.65 bits per heavy atom. The number of nitrogens with zero attached hydrogens (tertiary/aromatic N) is 3. The standard InChI is InChI=1S/C12H19N3O2/c1-2-14-5-3-4-11(9-14)15-8-10(7-13-15)6-12(16)17/h7-8,11H,2-6,9H2,1H3,(H,16,17). The molecule has 0 amide bonds. The molecule has 1 aliphatic rings. The first kappa shape index (κ1) is 12.1. The van der Waals surface area contributed by atoms with Crippen LogP contribution in [0, 0.1) is 0 Å². The number of likely N-dealkylation sites (N-methyl/N-ethyl adjacent to an activating group) is 1. The van der Waals surface area contributed by atoms with Crippen LogP contribution in [0.25, 0.3) is 0 Å². The van der Waals surface area contributed by atoms with Crippen LogP contribution in [0.2, 0.25) is 0 Å². The lowest BCUT2D eigenvalue weighted by molar-refractivity contribution is -0.136. The van der Waals surface area contributed by atoms with Gasteiger partial charge in [0.1, 0.15) is 0 Å². The van der Waals surface area contributed by atoms with Gasteiger partial charge in [-0.05, 0) is 25.9 Å². The van der Waals surface area contributed by atoms with E-state index < -0.39 is 5.97 Å². The quantitative estimate of drug-likeness (QED) is 0.854. The first-order valence-electron chi connectivity index (χ1n) is 6.16. The summed E-state index contributed by atoms with van der Waals surface area (Å²) in [6.07, 6.45) is 5.92. The molecule has 2 rings (SSSR count). The van der Waals surface area contributed by atoms with Crippen LogP contribution in [0.1, 0.15) is 31.4 Å². The van der Waals surface area contributed by atoms with Crippen LogP contribution in [0.5, 0.6) is 0 Å². The molecule has 5 heteroatoms. The van der Waals surface area contributed by atoms with E-state index in [1.807, 2.05) is 10.9 Å². The van der Waals surface area contributed by atoms with Crippen molar-refractivity contribution in [3.05, 3.63) is 18.0 Å². The Labute approximate surface area is 101 Å². The molecule has 0 bridgehead atoms. The molecule has 0 saturated carbocycles. The monoisotopic (exact) mass is 237 g/mol. The van der Waals surface area contributed by atoms with Gasteiger partial charge in [0.05, 0.1) is 18.7 Å². The molecule has 1 N–H and O–H groups in total. The molecule has 1 saturated heterocycles. The van der Waals surface area contributed by atoms with E-state index in [4.69, 9.17) is 5.11 Å². The molecule has 1 fully saturated rings. The maximum atomic E-state index is 10.6. The number of likely N-dealkylation sites (tertiary alicyclic amines) is 1. The van der Waals surface area contributed by atoms with Crippen LogP contribution in [-0.2, 0) is 11.2 Å². The largest absolute Gasteiger partial charge is 0.481 e. The SMILES string of the molecule is CCN1CCCC(n2cc(CC(=O)O)cn2)C1. The molecular weight excluding hydrogens is 218 g/mol. The van der Waals surface area contributed by atoms with Gasteiger partial charge in [-0.2, -0.15) is 5.10 Å². The van der Waals surface area contributed by atoms with Gasteiger partial charge in [0.15, 0.2) is 0 Å². The average molecular weight is 237 g/mol. The van der Waals surface area contributed by atoms with Crippen LogP contribution in [0.3, 0.4) is 0 Å². The zero-order valence-corrected chi connectivity index (χ0v) is 10.2. The van der Waals surface area contributed by atoms with E-state index in [0.717, 1.165) is 31.6 Å². The zero-order chi connectivity index (χ0) is 12.3. The van der Waals surface area contributed by atoms with Gasteiger partial charge < -0.3 is 10.0 Å². The fraction of sp³-hybridized carbons (Fsp3) is 0.667. The van der Waals surface area contributed by atoms with Crippen LogP contribution >= 0.6 is 0 Å². The highest BCUT2D eigenvalue weighted by Crippen LogP contribution is 2.20. The number of carboxylic acid groups (broad SMARTS) is 1. The molecule has 17 heavy (non-hydrogen) atoms. The summed E-state index contributed by atoms with van der Waals surface area (Å²) in [5.41, 5.74) is 0.783. The number of rotatable bonds is 4. The Hall–Kier alpha value is -1.36. The van der Waals surface area contributed by atoms with Crippen LogP contribution in [-0.4, -0.2) is 45.4 Å². The number of hydrogen-bond donors (Lipinski definition) is 1. The van der Waals surface area contributed by atoms with Gasteiger partial charge in [0.25, 0.3) is 0 Å². The third-order valence-electron chi connectivity index (χ3n) is 3.31. The second-order valence-electron chi connectivity index (χ2n) is 4.59. The minimum absolute atomic E-state index is 0.0597. The highest BCUT2D eigenvalue weighted by molar-refractivity contribution is 5.69. The second-order valence-corrected chi connectivity index (χ2v) is 4.59. The Balaban J connectivity index is 2.01. The molecule has 5 nitrogen and oxygen atoms in total. The summed E-state index contributed by atoms with van der Waals surface area (Å²) in [6, 6.07) is 0.395. The lowest BCUT2D eigenvalue weighted by Gasteiger charge is -2.31. The third kappa shape index (κ3) is 3.06. The predicted molar refractivity (Wildman–Crippen MR) is 64.0 cm³/mol. The van der Waals surface area contributed by atoms with E-state index in [0.29, 0.717) is 6.04 Å². The Morgan fingerprint density at radius 2 is 2.47 bits per heavy atom. The summed E-state index contributed by atoms with van der Waals surface area (Å²) in [6.45, 7) is 5.42. The topological polar surface area (TPSA) is 58.4 Å². The van der Waals surface area contributed by atoms with Gasteiger partial charge in [0.2, 0.25) is 0 Å². The van der Waals surface area contributed by atoms with Gasteiger partial charge in [-0.25, -0.2) is 0 Å². The van der Waals surface area contributed by atoms with Gasteiger partial charge in [-0.15, -0.1) is 0 Å². The number of aromatic nitrogens is 2. The Bertz CT molecular complexity index is 389. The van der Waals surface area contributed by atoms with E-state index in [9.17, 15) is 4.79 Å². The van der Waals surface area contributed by atoms with Crippen molar-refractivity contribution >= 4 is 5.97 Å². The van der Waals surface area contributed by atoms with Gasteiger partial charge in [-0.3, -0.25) is 9.48 Å². The molecule has 1 unspecified atom stereocenters. The molecule has 1 aromatic rings. The molecule has 1 aliphatic heterocycles. The molecule has 2 heterocycles. The van der Waals surface area contributed by atoms with Crippen molar-refractivity contribution in [1.82, 2.24) is 14.7 Å². The minimum atomic E-state index is -0.802. The summed E-state index contributed by atoms with van der Waals surface area (Å²) >= 11 is 0. The zero-order valence-electron chi connectivity index (χ0n) is 10.2. The van der Waals surface area contributed by atoms with Crippen LogP contribution in [0.4, 0.5) is 0 Å². The lowest BCUT2D eigenvalue weighted by atomic mass is 10.1. The van der Waals surface area contributed by atoms with Crippen LogP contribution < -0.4 is 0 Å². The van der Waals surface area contributed by atoms with E-state index in [1.165, 1.54) is 6.42 Å². The van der Waals surface area contributed by atoms with Gasteiger partial charge in [-0.1, -0.05) is 6.92 Å². The second kappa shape index (κ2) is 5.31. The first-order chi connectivity index (χ1) is 8.19. The highest BCUT2D eigenvalue weighted by Gasteiger charge is 2.20. The minimum Gasteiger partial charge on any atom is -0.481 e. The summed E-state index contributed by atoms with van der Waals surface area (Å²) in [5, 5.41) is 13.0. The van der Waals surface area contributed by atoms with E-state index in [-0.39, 0.29) is 6.42 Å². The smallest absolute Gasteiger partial charge is 0.307 e. The molecule has 0 radical (unpaired) electrons. The number of aliphatic carboxylic acids is 1. The van der Waals surface area contributed by atoms with Crippen LogP contribution in [0.15, 0.2) is 12.4 Å². The summed E-state index contributed by atoms with van der Waals surface area (Å²) < 4.78 is 1.93. The molecule has 0 aliphatic carbocycles. The average Bonchev–Trinajstić information content (AvgIpc) is 2.77. The number of carbonyl (C=O) groups is 1. The number of carboxylic acids is 1. The van der Waals surface area contributed by atoms with E-state index in [2.05, 4.69) is 16.9 Å². The third-order valence-corrected chi connectivity index (χ3v) is 3.31. The number of piperidine rings is 1. The van der Waals surface area contributed by atoms with Gasteiger partial charge in [0, 0.05) is 18.3 Å². The van der Waals surface area contributed by atoms with Crippen molar-refractivity contribution < 1.29 is 9.90 Å². The normalized spacial score (nSPS) is 21.6. The first-order valence-corrected chi connectivity index (χ1v) is 6.16. The maximum Gasteiger partial charge on any atom is 0.307 e. The fourth-order valence-electron chi connectivity index (χ4n) is 2.38. The summed E-state index contributed by atoms with van der Waals surface area (Å²) in [5.74, 6) is -0.802. The predicted octanol–water partition coefficient (Wildman–Crippen LogP) is 1.17. The van der Waals surface area contributed by atoms with E-state index in [1.54, 1.807) is 6.20 Å². The van der Waals surface area contributed by atoms with Crippen molar-refractivity contribution in [2.45, 2.75) is 32.2 Å². The lowest BCUT2D eigenvalue weighted by Crippen LogP contribution is -2.36. The Morgan fingerprint density at radius 3 is 3.18 bits per heavy atom. The molecule has 1 atom stereocenters. The van der Waals surface area contributed by atoms with Crippen molar-refractivity contribution in [1.29, 1.82) is 0 Å². The van der Waals surface area contributed by atoms with Crippen molar-refractivity contribution in [3.8, 4) is 0 Å².